The first-order valence-corrected chi connectivity index (χ1v) is 5.70. The molecule has 1 nitrogen and oxygen atoms in total. The Labute approximate surface area is 108 Å². The molecule has 2 aromatic rings. The molecule has 0 saturated carbocycles. The van der Waals surface area contributed by atoms with Crippen LogP contribution in [0.25, 0.3) is 0 Å². The van der Waals surface area contributed by atoms with Crippen LogP contribution in [0.5, 0.6) is 0 Å². The number of Topliss-reactive ketones (excluding diaryl/α,β-unsaturated/α-hetero) is 1. The van der Waals surface area contributed by atoms with E-state index in [0.29, 0.717) is 5.56 Å². The van der Waals surface area contributed by atoms with Crippen molar-refractivity contribution in [2.75, 3.05) is 0 Å². The lowest BCUT2D eigenvalue weighted by molar-refractivity contribution is 0.0988. The topological polar surface area (TPSA) is 17.1 Å². The average Bonchev–Trinajstić information content (AvgIpc) is 2.33. The normalized spacial score (nSPS) is 10.5. The number of carbonyl (C=O) groups is 1. The van der Waals surface area contributed by atoms with Crippen LogP contribution in [-0.4, -0.2) is 5.78 Å². The molecule has 0 bridgehead atoms. The molecule has 0 saturated heterocycles. The fourth-order valence-corrected chi connectivity index (χ4v) is 1.79. The van der Waals surface area contributed by atoms with E-state index in [1.807, 2.05) is 0 Å². The summed E-state index contributed by atoms with van der Waals surface area (Å²) in [6, 6.07) is 7.04. The molecule has 2 rings (SSSR count). The summed E-state index contributed by atoms with van der Waals surface area (Å²) in [5.74, 6) is -2.54. The first kappa shape index (κ1) is 13.3. The lowest BCUT2D eigenvalue weighted by atomic mass is 10.0. The Bertz CT molecular complexity index is 635. The van der Waals surface area contributed by atoms with Gasteiger partial charge in [-0.3, -0.25) is 4.79 Å². The molecule has 0 amide bonds. The summed E-state index contributed by atoms with van der Waals surface area (Å²) >= 11 is 0. The van der Waals surface area contributed by atoms with Crippen molar-refractivity contribution in [2.45, 2.75) is 13.3 Å². The molecule has 0 unspecified atom stereocenters. The van der Waals surface area contributed by atoms with Crippen LogP contribution in [0.4, 0.5) is 13.2 Å². The van der Waals surface area contributed by atoms with Crippen LogP contribution < -0.4 is 0 Å². The number of benzene rings is 2. The van der Waals surface area contributed by atoms with Crippen LogP contribution in [0.1, 0.15) is 21.5 Å². The van der Waals surface area contributed by atoms with Gasteiger partial charge in [0.25, 0.3) is 0 Å². The van der Waals surface area contributed by atoms with E-state index in [1.165, 1.54) is 12.1 Å². The minimum Gasteiger partial charge on any atom is -0.294 e. The molecule has 0 spiro atoms. The van der Waals surface area contributed by atoms with Crippen LogP contribution in [-0.2, 0) is 6.42 Å². The average molecular weight is 264 g/mol. The molecule has 0 aliphatic carbocycles. The molecular formula is C15H11F3O. The summed E-state index contributed by atoms with van der Waals surface area (Å²) in [6.07, 6.45) is -0.371. The molecule has 0 radical (unpaired) electrons. The summed E-state index contributed by atoms with van der Waals surface area (Å²) in [7, 11) is 0. The molecule has 0 fully saturated rings. The fraction of sp³-hybridized carbons (Fsp3) is 0.133. The van der Waals surface area contributed by atoms with Crippen molar-refractivity contribution < 1.29 is 18.0 Å². The predicted octanol–water partition coefficient (Wildman–Crippen LogP) is 3.84. The van der Waals surface area contributed by atoms with Gasteiger partial charge in [0.15, 0.2) is 5.78 Å². The first-order chi connectivity index (χ1) is 8.97. The quantitative estimate of drug-likeness (QED) is 0.770. The number of halogens is 3. The van der Waals surface area contributed by atoms with E-state index >= 15 is 0 Å². The standard InChI is InChI=1S/C15H11F3O/c1-9-2-4-12(14(18)6-9)15(19)8-10-7-11(16)3-5-13(10)17/h2-7H,8H2,1H3. The molecule has 0 aliphatic heterocycles. The van der Waals surface area contributed by atoms with Gasteiger partial charge in [-0.25, -0.2) is 13.2 Å². The van der Waals surface area contributed by atoms with Crippen molar-refractivity contribution in [3.63, 3.8) is 0 Å². The smallest absolute Gasteiger partial charge is 0.170 e. The second-order valence-electron chi connectivity index (χ2n) is 4.32. The Balaban J connectivity index is 2.28. The van der Waals surface area contributed by atoms with Gasteiger partial charge in [-0.15, -0.1) is 0 Å². The molecule has 0 heterocycles. The number of hydrogen-bond donors (Lipinski definition) is 0. The van der Waals surface area contributed by atoms with E-state index in [0.717, 1.165) is 18.2 Å². The Morgan fingerprint density at radius 1 is 1.00 bits per heavy atom. The van der Waals surface area contributed by atoms with Gasteiger partial charge in [0.05, 0.1) is 5.56 Å². The van der Waals surface area contributed by atoms with Gasteiger partial charge < -0.3 is 0 Å². The summed E-state index contributed by atoms with van der Waals surface area (Å²) in [5, 5.41) is 0. The van der Waals surface area contributed by atoms with E-state index in [9.17, 15) is 18.0 Å². The molecule has 4 heteroatoms. The Morgan fingerprint density at radius 2 is 1.74 bits per heavy atom. The van der Waals surface area contributed by atoms with Crippen molar-refractivity contribution in [1.82, 2.24) is 0 Å². The lowest BCUT2D eigenvalue weighted by Crippen LogP contribution is -2.08. The number of carbonyl (C=O) groups excluding carboxylic acids is 1. The fourth-order valence-electron chi connectivity index (χ4n) is 1.79. The van der Waals surface area contributed by atoms with Crippen molar-refractivity contribution in [1.29, 1.82) is 0 Å². The first-order valence-electron chi connectivity index (χ1n) is 5.70. The molecule has 0 aromatic heterocycles. The van der Waals surface area contributed by atoms with Crippen molar-refractivity contribution in [3.8, 4) is 0 Å². The third-order valence-corrected chi connectivity index (χ3v) is 2.78. The molecular weight excluding hydrogens is 253 g/mol. The zero-order chi connectivity index (χ0) is 14.0. The maximum atomic E-state index is 13.6. The third-order valence-electron chi connectivity index (χ3n) is 2.78. The van der Waals surface area contributed by atoms with Crippen molar-refractivity contribution in [3.05, 3.63) is 70.5 Å². The molecule has 0 aliphatic rings. The van der Waals surface area contributed by atoms with E-state index in [-0.39, 0.29) is 17.5 Å². The van der Waals surface area contributed by atoms with Gasteiger partial charge in [0.1, 0.15) is 17.5 Å². The molecule has 0 N–H and O–H groups in total. The number of rotatable bonds is 3. The zero-order valence-electron chi connectivity index (χ0n) is 10.2. The third kappa shape index (κ3) is 3.02. The van der Waals surface area contributed by atoms with Crippen LogP contribution in [0, 0.1) is 24.4 Å². The Kier molecular flexibility index (Phi) is 3.69. The van der Waals surface area contributed by atoms with Crippen molar-refractivity contribution in [2.24, 2.45) is 0 Å². The summed E-state index contributed by atoms with van der Waals surface area (Å²) in [5.41, 5.74) is 0.491. The predicted molar refractivity (Wildman–Crippen MR) is 65.5 cm³/mol. The van der Waals surface area contributed by atoms with Gasteiger partial charge in [0, 0.05) is 6.42 Å². The Morgan fingerprint density at radius 3 is 2.42 bits per heavy atom. The van der Waals surface area contributed by atoms with Gasteiger partial charge in [0.2, 0.25) is 0 Å². The monoisotopic (exact) mass is 264 g/mol. The molecule has 98 valence electrons. The largest absolute Gasteiger partial charge is 0.294 e. The van der Waals surface area contributed by atoms with Crippen LogP contribution >= 0.6 is 0 Å². The van der Waals surface area contributed by atoms with Gasteiger partial charge >= 0.3 is 0 Å². The highest BCUT2D eigenvalue weighted by atomic mass is 19.1. The van der Waals surface area contributed by atoms with E-state index in [4.69, 9.17) is 0 Å². The summed E-state index contributed by atoms with van der Waals surface area (Å²) in [6.45, 7) is 1.70. The maximum Gasteiger partial charge on any atom is 0.170 e. The maximum absolute atomic E-state index is 13.6. The Hall–Kier alpha value is -2.10. The number of aryl methyl sites for hydroxylation is 1. The molecule has 19 heavy (non-hydrogen) atoms. The lowest BCUT2D eigenvalue weighted by Gasteiger charge is -2.05. The zero-order valence-corrected chi connectivity index (χ0v) is 10.2. The molecule has 0 atom stereocenters. The van der Waals surface area contributed by atoms with Crippen LogP contribution in [0.15, 0.2) is 36.4 Å². The highest BCUT2D eigenvalue weighted by Crippen LogP contribution is 2.16. The van der Waals surface area contributed by atoms with Gasteiger partial charge in [-0.05, 0) is 48.4 Å². The summed E-state index contributed by atoms with van der Waals surface area (Å²) < 4.78 is 40.0. The summed E-state index contributed by atoms with van der Waals surface area (Å²) in [4.78, 5) is 11.9. The second-order valence-corrected chi connectivity index (χ2v) is 4.32. The van der Waals surface area contributed by atoms with Crippen molar-refractivity contribution >= 4 is 5.78 Å². The van der Waals surface area contributed by atoms with Crippen LogP contribution in [0.3, 0.4) is 0 Å². The molecule has 2 aromatic carbocycles. The minimum atomic E-state index is -0.678. The number of hydrogen-bond acceptors (Lipinski definition) is 1. The highest BCUT2D eigenvalue weighted by molar-refractivity contribution is 5.97. The SMILES string of the molecule is Cc1ccc(C(=O)Cc2cc(F)ccc2F)c(F)c1. The van der Waals surface area contributed by atoms with E-state index < -0.39 is 23.2 Å². The van der Waals surface area contributed by atoms with Crippen LogP contribution in [0.2, 0.25) is 0 Å². The minimum absolute atomic E-state index is 0.0787. The van der Waals surface area contributed by atoms with E-state index in [2.05, 4.69) is 0 Å². The van der Waals surface area contributed by atoms with Gasteiger partial charge in [-0.2, -0.15) is 0 Å². The second kappa shape index (κ2) is 5.26. The van der Waals surface area contributed by atoms with Gasteiger partial charge in [-0.1, -0.05) is 6.07 Å². The highest BCUT2D eigenvalue weighted by Gasteiger charge is 2.15. The number of ketones is 1. The van der Waals surface area contributed by atoms with E-state index in [1.54, 1.807) is 13.0 Å².